The van der Waals surface area contributed by atoms with E-state index in [1.807, 2.05) is 29.4 Å². The Hall–Kier alpha value is -1.56. The largest absolute Gasteiger partial charge is 0.338 e. The van der Waals surface area contributed by atoms with E-state index >= 15 is 0 Å². The highest BCUT2D eigenvalue weighted by Crippen LogP contribution is 2.26. The summed E-state index contributed by atoms with van der Waals surface area (Å²) in [7, 11) is 0. The van der Waals surface area contributed by atoms with Gasteiger partial charge in [-0.1, -0.05) is 43.9 Å². The number of pyridine rings is 1. The molecule has 1 aliphatic rings. The average molecular weight is 406 g/mol. The summed E-state index contributed by atoms with van der Waals surface area (Å²) in [6.07, 6.45) is 14.4. The number of unbranched alkanes of at least 4 members (excludes halogenated alkanes) is 1. The van der Waals surface area contributed by atoms with Gasteiger partial charge in [-0.25, -0.2) is 4.79 Å². The van der Waals surface area contributed by atoms with Crippen molar-refractivity contribution in [1.29, 1.82) is 0 Å². The van der Waals surface area contributed by atoms with Gasteiger partial charge in [-0.15, -0.1) is 0 Å². The number of nitrogens with zero attached hydrogens (tertiary/aromatic N) is 2. The molecule has 0 spiro atoms. The lowest BCUT2D eigenvalue weighted by atomic mass is 9.87. The second kappa shape index (κ2) is 13.6. The molecule has 1 aromatic rings. The summed E-state index contributed by atoms with van der Waals surface area (Å²) in [6.45, 7) is 3.72. The van der Waals surface area contributed by atoms with E-state index in [0.717, 1.165) is 38.1 Å². The van der Waals surface area contributed by atoms with Gasteiger partial charge in [0.15, 0.2) is 5.12 Å². The Morgan fingerprint density at radius 2 is 1.89 bits per heavy atom. The Morgan fingerprint density at radius 1 is 1.14 bits per heavy atom. The number of aryl methyl sites for hydroxylation is 1. The van der Waals surface area contributed by atoms with E-state index in [-0.39, 0.29) is 11.1 Å². The zero-order chi connectivity index (χ0) is 20.0. The van der Waals surface area contributed by atoms with Crippen LogP contribution in [0.4, 0.5) is 4.79 Å². The van der Waals surface area contributed by atoms with Crippen molar-refractivity contribution < 1.29 is 9.59 Å². The van der Waals surface area contributed by atoms with Crippen molar-refractivity contribution in [2.24, 2.45) is 5.92 Å². The molecule has 1 fully saturated rings. The quantitative estimate of drug-likeness (QED) is 0.544. The molecule has 1 aliphatic carbocycles. The van der Waals surface area contributed by atoms with Crippen LogP contribution in [0.25, 0.3) is 0 Å². The monoisotopic (exact) mass is 405 g/mol. The van der Waals surface area contributed by atoms with Crippen LogP contribution in [0.1, 0.15) is 63.9 Å². The third kappa shape index (κ3) is 9.58. The molecule has 2 rings (SSSR count). The van der Waals surface area contributed by atoms with Crippen LogP contribution in [-0.4, -0.2) is 46.4 Å². The Bertz CT molecular complexity index is 576. The van der Waals surface area contributed by atoms with Crippen molar-refractivity contribution >= 4 is 22.9 Å². The van der Waals surface area contributed by atoms with Crippen LogP contribution in [0, 0.1) is 5.92 Å². The molecule has 0 unspecified atom stereocenters. The molecule has 0 radical (unpaired) electrons. The number of amides is 2. The number of hydrogen-bond acceptors (Lipinski definition) is 4. The topological polar surface area (TPSA) is 62.3 Å². The van der Waals surface area contributed by atoms with Gasteiger partial charge in [0.05, 0.1) is 0 Å². The number of hydrogen-bond donors (Lipinski definition) is 1. The minimum absolute atomic E-state index is 0.0175. The zero-order valence-corrected chi connectivity index (χ0v) is 18.0. The normalized spacial score (nSPS) is 14.6. The predicted octanol–water partition coefficient (Wildman–Crippen LogP) is 4.67. The summed E-state index contributed by atoms with van der Waals surface area (Å²) in [6, 6.07) is 4.10. The van der Waals surface area contributed by atoms with Gasteiger partial charge >= 0.3 is 6.03 Å². The Labute approximate surface area is 174 Å². The Kier molecular flexibility index (Phi) is 11.0. The number of nitrogens with one attached hydrogen (secondary N) is 1. The predicted molar refractivity (Wildman–Crippen MR) is 116 cm³/mol. The number of thioether (sulfide) groups is 1. The maximum atomic E-state index is 12.6. The summed E-state index contributed by atoms with van der Waals surface area (Å²) in [5, 5.41) is 3.19. The summed E-state index contributed by atoms with van der Waals surface area (Å²) in [5.74, 6) is 1.43. The number of rotatable bonds is 11. The molecule has 1 aromatic heterocycles. The lowest BCUT2D eigenvalue weighted by Gasteiger charge is -2.27. The van der Waals surface area contributed by atoms with Crippen molar-refractivity contribution in [3.63, 3.8) is 0 Å². The highest BCUT2D eigenvalue weighted by Gasteiger charge is 2.18. The van der Waals surface area contributed by atoms with Crippen LogP contribution >= 0.6 is 11.8 Å². The molecule has 156 valence electrons. The van der Waals surface area contributed by atoms with Gasteiger partial charge in [0.1, 0.15) is 0 Å². The van der Waals surface area contributed by atoms with Crippen LogP contribution in [0.5, 0.6) is 0 Å². The van der Waals surface area contributed by atoms with Crippen molar-refractivity contribution in [3.05, 3.63) is 30.1 Å². The van der Waals surface area contributed by atoms with Crippen LogP contribution in [0.3, 0.4) is 0 Å². The highest BCUT2D eigenvalue weighted by molar-refractivity contribution is 8.13. The van der Waals surface area contributed by atoms with E-state index in [9.17, 15) is 9.59 Å². The first-order valence-corrected chi connectivity index (χ1v) is 11.7. The summed E-state index contributed by atoms with van der Waals surface area (Å²) in [4.78, 5) is 29.8. The molecular formula is C22H35N3O2S. The van der Waals surface area contributed by atoms with Gasteiger partial charge in [0, 0.05) is 44.7 Å². The molecule has 0 bridgehead atoms. The molecule has 5 nitrogen and oxygen atoms in total. The maximum absolute atomic E-state index is 12.6. The molecule has 0 atom stereocenters. The van der Waals surface area contributed by atoms with Crippen molar-refractivity contribution in [2.45, 2.75) is 64.7 Å². The van der Waals surface area contributed by atoms with Crippen LogP contribution in [0.15, 0.2) is 24.5 Å². The fourth-order valence-electron chi connectivity index (χ4n) is 3.74. The van der Waals surface area contributed by atoms with Crippen molar-refractivity contribution in [2.75, 3.05) is 25.4 Å². The maximum Gasteiger partial charge on any atom is 0.317 e. The van der Waals surface area contributed by atoms with Gasteiger partial charge in [0.2, 0.25) is 0 Å². The van der Waals surface area contributed by atoms with Gasteiger partial charge in [-0.05, 0) is 49.3 Å². The molecule has 0 aliphatic heterocycles. The lowest BCUT2D eigenvalue weighted by molar-refractivity contribution is -0.109. The van der Waals surface area contributed by atoms with Crippen LogP contribution in [0.2, 0.25) is 0 Å². The third-order valence-electron chi connectivity index (χ3n) is 5.40. The van der Waals surface area contributed by atoms with Gasteiger partial charge in [-0.3, -0.25) is 9.78 Å². The summed E-state index contributed by atoms with van der Waals surface area (Å²) >= 11 is 1.30. The lowest BCUT2D eigenvalue weighted by Crippen LogP contribution is -2.42. The molecule has 0 aromatic carbocycles. The zero-order valence-electron chi connectivity index (χ0n) is 17.2. The summed E-state index contributed by atoms with van der Waals surface area (Å²) in [5.41, 5.74) is 1.29. The van der Waals surface area contributed by atoms with E-state index in [2.05, 4.69) is 10.3 Å². The fraction of sp³-hybridized carbons (Fsp3) is 0.682. The van der Waals surface area contributed by atoms with E-state index in [1.165, 1.54) is 49.4 Å². The van der Waals surface area contributed by atoms with Crippen molar-refractivity contribution in [1.82, 2.24) is 15.2 Å². The molecule has 28 heavy (non-hydrogen) atoms. The number of carbonyl (C=O) groups is 2. The third-order valence-corrected chi connectivity index (χ3v) is 6.20. The van der Waals surface area contributed by atoms with E-state index in [0.29, 0.717) is 18.8 Å². The molecule has 2 amide bonds. The number of carbonyl (C=O) groups excluding carboxylic acids is 2. The molecule has 1 saturated carbocycles. The SMILES string of the molecule is CC(=O)SCCN(CCC1CCCCC1)C(=O)NCCCCc1ccncc1. The molecule has 6 heteroatoms. The van der Waals surface area contributed by atoms with Crippen LogP contribution < -0.4 is 5.32 Å². The minimum atomic E-state index is 0.0175. The van der Waals surface area contributed by atoms with Crippen molar-refractivity contribution in [3.8, 4) is 0 Å². The van der Waals surface area contributed by atoms with Gasteiger partial charge < -0.3 is 10.2 Å². The standard InChI is InChI=1S/C22H35N3O2S/c1-19(26)28-18-17-25(16-12-20-7-3-2-4-8-20)22(27)24-13-6-5-9-21-10-14-23-15-11-21/h10-11,14-15,20H,2-9,12-13,16-18H2,1H3,(H,24,27). The minimum Gasteiger partial charge on any atom is -0.338 e. The Morgan fingerprint density at radius 3 is 2.61 bits per heavy atom. The summed E-state index contributed by atoms with van der Waals surface area (Å²) < 4.78 is 0. The Balaban J connectivity index is 1.69. The first-order valence-electron chi connectivity index (χ1n) is 10.7. The molecule has 0 saturated heterocycles. The average Bonchev–Trinajstić information content (AvgIpc) is 2.71. The van der Waals surface area contributed by atoms with E-state index in [1.54, 1.807) is 6.92 Å². The molecule has 1 heterocycles. The van der Waals surface area contributed by atoms with Crippen LogP contribution in [-0.2, 0) is 11.2 Å². The highest BCUT2D eigenvalue weighted by atomic mass is 32.2. The first kappa shape index (κ1) is 22.7. The van der Waals surface area contributed by atoms with Gasteiger partial charge in [0.25, 0.3) is 0 Å². The number of aromatic nitrogens is 1. The van der Waals surface area contributed by atoms with Gasteiger partial charge in [-0.2, -0.15) is 0 Å². The molecular weight excluding hydrogens is 370 g/mol. The van der Waals surface area contributed by atoms with E-state index in [4.69, 9.17) is 0 Å². The smallest absolute Gasteiger partial charge is 0.317 e. The molecule has 1 N–H and O–H groups in total. The second-order valence-electron chi connectivity index (χ2n) is 7.66. The second-order valence-corrected chi connectivity index (χ2v) is 8.94. The number of urea groups is 1. The van der Waals surface area contributed by atoms with E-state index < -0.39 is 0 Å². The fourth-order valence-corrected chi connectivity index (χ4v) is 4.34. The first-order chi connectivity index (χ1) is 13.6.